The lowest BCUT2D eigenvalue weighted by molar-refractivity contribution is -0.186. The third-order valence-electron chi connectivity index (χ3n) is 8.13. The largest absolute Gasteiger partial charge is 0.471 e. The van der Waals surface area contributed by atoms with Gasteiger partial charge < -0.3 is 19.9 Å². The van der Waals surface area contributed by atoms with E-state index in [1.54, 1.807) is 37.5 Å². The highest BCUT2D eigenvalue weighted by Gasteiger charge is 2.43. The van der Waals surface area contributed by atoms with Gasteiger partial charge in [-0.25, -0.2) is 18.7 Å². The number of carbonyl (C=O) groups is 1. The van der Waals surface area contributed by atoms with Gasteiger partial charge in [0.2, 0.25) is 0 Å². The Morgan fingerprint density at radius 3 is 2.45 bits per heavy atom. The first-order chi connectivity index (χ1) is 21.1. The first-order valence-electron chi connectivity index (χ1n) is 14.3. The maximum atomic E-state index is 15.5. The summed E-state index contributed by atoms with van der Waals surface area (Å²) in [7, 11) is 0. The topological polar surface area (TPSA) is 83.5 Å². The minimum atomic E-state index is -4.93. The van der Waals surface area contributed by atoms with Gasteiger partial charge in [-0.3, -0.25) is 9.78 Å². The van der Waals surface area contributed by atoms with Crippen molar-refractivity contribution in [3.05, 3.63) is 71.6 Å². The first-order valence-corrected chi connectivity index (χ1v) is 14.3. The second kappa shape index (κ2) is 11.9. The number of hydrogen-bond donors (Lipinski definition) is 1. The monoisotopic (exact) mass is 612 g/mol. The fourth-order valence-corrected chi connectivity index (χ4v) is 5.88. The lowest BCUT2D eigenvalue weighted by Gasteiger charge is -2.34. The van der Waals surface area contributed by atoms with Crippen molar-refractivity contribution in [3.63, 3.8) is 0 Å². The molecule has 1 amide bonds. The zero-order valence-electron chi connectivity index (χ0n) is 23.8. The average Bonchev–Trinajstić information content (AvgIpc) is 3.02. The highest BCUT2D eigenvalue weighted by Crippen LogP contribution is 2.41. The number of carbonyl (C=O) groups excluding carboxylic acids is 1. The Morgan fingerprint density at radius 1 is 1.02 bits per heavy atom. The molecule has 2 aliphatic heterocycles. The Labute approximate surface area is 249 Å². The first kappa shape index (κ1) is 29.7. The standard InChI is InChI=1S/C31H29F5N6O2/c1-18-28(23-4-2-3-7-37-23)40-25-15-20(32)14-22(33)27(25)29(18)39-24-16-26(41-10-12-44-13-11-41)38-17-21(24)19-5-8-42(9-6-19)30(43)31(34,35)36/h2-4,7,14-17,19H,5-6,8-13H2,1H3,(H,38,39,40). The molecular weight excluding hydrogens is 583 g/mol. The Morgan fingerprint density at radius 2 is 1.77 bits per heavy atom. The summed E-state index contributed by atoms with van der Waals surface area (Å²) in [5, 5.41) is 3.49. The molecule has 4 aromatic rings. The van der Waals surface area contributed by atoms with Crippen LogP contribution in [0.4, 0.5) is 39.1 Å². The highest BCUT2D eigenvalue weighted by molar-refractivity contribution is 5.98. The molecule has 230 valence electrons. The number of halogens is 5. The van der Waals surface area contributed by atoms with Gasteiger partial charge in [0.1, 0.15) is 17.5 Å². The molecule has 1 aromatic carbocycles. The molecule has 3 aromatic heterocycles. The van der Waals surface area contributed by atoms with Gasteiger partial charge >= 0.3 is 12.1 Å². The number of aromatic nitrogens is 3. The van der Waals surface area contributed by atoms with E-state index < -0.39 is 23.7 Å². The molecular formula is C31H29F5N6O2. The Bertz CT molecular complexity index is 1690. The number of hydrogen-bond acceptors (Lipinski definition) is 7. The molecule has 6 rings (SSSR count). The molecule has 0 radical (unpaired) electrons. The van der Waals surface area contributed by atoms with Crippen LogP contribution in [0.1, 0.15) is 29.9 Å². The number of piperidine rings is 1. The van der Waals surface area contributed by atoms with Crippen LogP contribution in [0.5, 0.6) is 0 Å². The van der Waals surface area contributed by atoms with Gasteiger partial charge in [-0.15, -0.1) is 0 Å². The molecule has 8 nitrogen and oxygen atoms in total. The highest BCUT2D eigenvalue weighted by atomic mass is 19.4. The van der Waals surface area contributed by atoms with Gasteiger partial charge in [-0.2, -0.15) is 13.2 Å². The minimum absolute atomic E-state index is 0.0669. The number of pyridine rings is 3. The van der Waals surface area contributed by atoms with Crippen LogP contribution in [-0.4, -0.2) is 71.3 Å². The van der Waals surface area contributed by atoms with Gasteiger partial charge in [0, 0.05) is 68.0 Å². The van der Waals surface area contributed by atoms with Crippen molar-refractivity contribution in [1.82, 2.24) is 19.9 Å². The van der Waals surface area contributed by atoms with Crippen LogP contribution < -0.4 is 10.2 Å². The van der Waals surface area contributed by atoms with E-state index in [4.69, 9.17) is 4.74 Å². The van der Waals surface area contributed by atoms with Crippen molar-refractivity contribution in [2.24, 2.45) is 0 Å². The predicted octanol–water partition coefficient (Wildman–Crippen LogP) is 6.13. The van der Waals surface area contributed by atoms with Crippen molar-refractivity contribution in [3.8, 4) is 11.4 Å². The van der Waals surface area contributed by atoms with Gasteiger partial charge in [-0.1, -0.05) is 6.07 Å². The van der Waals surface area contributed by atoms with E-state index in [2.05, 4.69) is 25.2 Å². The van der Waals surface area contributed by atoms with Crippen molar-refractivity contribution >= 4 is 34.0 Å². The number of likely N-dealkylation sites (tertiary alicyclic amines) is 1. The van der Waals surface area contributed by atoms with Crippen LogP contribution in [-0.2, 0) is 9.53 Å². The maximum absolute atomic E-state index is 15.5. The summed E-state index contributed by atoms with van der Waals surface area (Å²) in [4.78, 5) is 28.4. The molecule has 0 bridgehead atoms. The van der Waals surface area contributed by atoms with Gasteiger partial charge in [-0.05, 0) is 43.4 Å². The van der Waals surface area contributed by atoms with Gasteiger partial charge in [0.15, 0.2) is 0 Å². The van der Waals surface area contributed by atoms with Crippen molar-refractivity contribution in [1.29, 1.82) is 0 Å². The number of anilines is 3. The quantitative estimate of drug-likeness (QED) is 0.272. The van der Waals surface area contributed by atoms with E-state index in [0.717, 1.165) is 17.0 Å². The number of benzene rings is 1. The molecule has 2 aliphatic rings. The number of nitrogens with zero attached hydrogens (tertiary/aromatic N) is 5. The Balaban J connectivity index is 1.44. The molecule has 13 heteroatoms. The zero-order valence-corrected chi connectivity index (χ0v) is 23.8. The van der Waals surface area contributed by atoms with E-state index >= 15 is 4.39 Å². The zero-order chi connectivity index (χ0) is 31.0. The van der Waals surface area contributed by atoms with Gasteiger partial charge in [0.25, 0.3) is 0 Å². The summed E-state index contributed by atoms with van der Waals surface area (Å²) in [6, 6.07) is 9.10. The minimum Gasteiger partial charge on any atom is -0.378 e. The van der Waals surface area contributed by atoms with Gasteiger partial charge in [0.05, 0.1) is 41.2 Å². The third-order valence-corrected chi connectivity index (χ3v) is 8.13. The van der Waals surface area contributed by atoms with Crippen LogP contribution in [0.25, 0.3) is 22.3 Å². The number of alkyl halides is 3. The lowest BCUT2D eigenvalue weighted by Crippen LogP contribution is -2.45. The Hall–Kier alpha value is -4.39. The molecule has 44 heavy (non-hydrogen) atoms. The molecule has 0 unspecified atom stereocenters. The molecule has 0 atom stereocenters. The van der Waals surface area contributed by atoms with Crippen molar-refractivity contribution in [2.75, 3.05) is 49.6 Å². The van der Waals surface area contributed by atoms with Crippen molar-refractivity contribution in [2.45, 2.75) is 31.9 Å². The third kappa shape index (κ3) is 5.88. The number of nitrogens with one attached hydrogen (secondary N) is 1. The second-order valence-corrected chi connectivity index (χ2v) is 10.9. The summed E-state index contributed by atoms with van der Waals surface area (Å²) >= 11 is 0. The smallest absolute Gasteiger partial charge is 0.378 e. The fraction of sp³-hybridized carbons (Fsp3) is 0.355. The number of ether oxygens (including phenoxy) is 1. The van der Waals surface area contributed by atoms with E-state index in [0.29, 0.717) is 66.0 Å². The summed E-state index contributed by atoms with van der Waals surface area (Å²) < 4.78 is 74.5. The summed E-state index contributed by atoms with van der Waals surface area (Å²) in [5.41, 5.74) is 3.28. The SMILES string of the molecule is Cc1c(-c2ccccn2)nc2cc(F)cc(F)c2c1Nc1cc(N2CCOCC2)ncc1C1CCN(C(=O)C(F)(F)F)CC1. The molecule has 2 saturated heterocycles. The summed E-state index contributed by atoms with van der Waals surface area (Å²) in [6.07, 6.45) is -1.08. The van der Waals surface area contributed by atoms with Crippen LogP contribution in [0.15, 0.2) is 48.8 Å². The van der Waals surface area contributed by atoms with Crippen LogP contribution in [0.3, 0.4) is 0 Å². The molecule has 2 fully saturated rings. The van der Waals surface area contributed by atoms with Crippen LogP contribution in [0, 0.1) is 18.6 Å². The second-order valence-electron chi connectivity index (χ2n) is 10.9. The average molecular weight is 613 g/mol. The number of rotatable bonds is 5. The normalized spacial score (nSPS) is 16.4. The van der Waals surface area contributed by atoms with Crippen LogP contribution in [0.2, 0.25) is 0 Å². The number of amides is 1. The Kier molecular flexibility index (Phi) is 8.06. The fourth-order valence-electron chi connectivity index (χ4n) is 5.88. The number of fused-ring (bicyclic) bond motifs is 1. The number of morpholine rings is 1. The molecule has 0 saturated carbocycles. The molecule has 1 N–H and O–H groups in total. The molecule has 5 heterocycles. The lowest BCUT2D eigenvalue weighted by atomic mass is 9.89. The van der Waals surface area contributed by atoms with E-state index in [1.807, 2.05) is 6.07 Å². The molecule has 0 aliphatic carbocycles. The van der Waals surface area contributed by atoms with Crippen LogP contribution >= 0.6 is 0 Å². The van der Waals surface area contributed by atoms with E-state index in [9.17, 15) is 22.4 Å². The van der Waals surface area contributed by atoms with E-state index in [-0.39, 0.29) is 42.8 Å². The molecule has 0 spiro atoms. The van der Waals surface area contributed by atoms with E-state index in [1.165, 1.54) is 0 Å². The summed E-state index contributed by atoms with van der Waals surface area (Å²) in [6.45, 7) is 3.90. The maximum Gasteiger partial charge on any atom is 0.471 e. The van der Waals surface area contributed by atoms with Crippen molar-refractivity contribution < 1.29 is 31.5 Å². The summed E-state index contributed by atoms with van der Waals surface area (Å²) in [5.74, 6) is -3.00. The predicted molar refractivity (Wildman–Crippen MR) is 155 cm³/mol.